The molecular weight excluding hydrogens is 519 g/mol. The number of amidine groups is 2. The molecule has 2 heterocycles. The van der Waals surface area contributed by atoms with Crippen LogP contribution in [-0.2, 0) is 4.79 Å². The number of nitrogens with two attached hydrogens (primary N) is 1. The van der Waals surface area contributed by atoms with Crippen molar-refractivity contribution in [3.63, 3.8) is 0 Å². The van der Waals surface area contributed by atoms with Crippen molar-refractivity contribution in [3.05, 3.63) is 83.7 Å². The van der Waals surface area contributed by atoms with E-state index in [1.165, 1.54) is 35.1 Å². The first-order valence-corrected chi connectivity index (χ1v) is 12.0. The number of rotatable bonds is 7. The summed E-state index contributed by atoms with van der Waals surface area (Å²) in [4.78, 5) is 26.1. The molecule has 0 saturated carbocycles. The van der Waals surface area contributed by atoms with Crippen LogP contribution in [0, 0.1) is 6.92 Å². The SMILES string of the molecule is Cc1cnccc1N1C(=O)CS/C1=N/N=C\c1ccc(C(N)=NC=Nc2ccc(OC(F)(F)F)cc2)cc1. The van der Waals surface area contributed by atoms with Gasteiger partial charge in [0.1, 0.15) is 17.9 Å². The van der Waals surface area contributed by atoms with E-state index in [1.54, 1.807) is 48.9 Å². The molecule has 2 aromatic carbocycles. The number of carbonyl (C=O) groups is 1. The average Bonchev–Trinajstić information content (AvgIpc) is 3.24. The van der Waals surface area contributed by atoms with Crippen molar-refractivity contribution in [1.29, 1.82) is 0 Å². The lowest BCUT2D eigenvalue weighted by Gasteiger charge is -2.16. The molecule has 0 aliphatic carbocycles. The van der Waals surface area contributed by atoms with Crippen LogP contribution in [-0.4, -0.2) is 46.6 Å². The standard InChI is InChI=1S/C25H20F3N7O2S/c1-16-12-30-11-10-21(16)35-22(36)14-38-24(35)34-33-13-17-2-4-18(5-3-17)23(29)32-15-31-19-6-8-20(9-7-19)37-25(26,27)28/h2-13,15H,14H2,1H3,(H2,29,31,32)/b33-13-,34-24+. The van der Waals surface area contributed by atoms with Crippen molar-refractivity contribution >= 4 is 52.6 Å². The lowest BCUT2D eigenvalue weighted by atomic mass is 10.1. The second-order valence-corrected chi connectivity index (χ2v) is 8.67. The highest BCUT2D eigenvalue weighted by atomic mass is 32.2. The molecule has 1 aliphatic heterocycles. The van der Waals surface area contributed by atoms with E-state index in [9.17, 15) is 18.0 Å². The van der Waals surface area contributed by atoms with Gasteiger partial charge >= 0.3 is 6.36 Å². The first-order valence-electron chi connectivity index (χ1n) is 11.0. The number of pyridine rings is 1. The van der Waals surface area contributed by atoms with Gasteiger partial charge in [0.2, 0.25) is 5.91 Å². The Morgan fingerprint density at radius 2 is 1.87 bits per heavy atom. The van der Waals surface area contributed by atoms with Crippen LogP contribution in [0.15, 0.2) is 87.2 Å². The number of aryl methyl sites for hydroxylation is 1. The van der Waals surface area contributed by atoms with Gasteiger partial charge in [-0.05, 0) is 48.4 Å². The van der Waals surface area contributed by atoms with Crippen molar-refractivity contribution in [3.8, 4) is 5.75 Å². The van der Waals surface area contributed by atoms with Crippen molar-refractivity contribution in [1.82, 2.24) is 4.98 Å². The van der Waals surface area contributed by atoms with Crippen LogP contribution < -0.4 is 15.4 Å². The van der Waals surface area contributed by atoms with Crippen LogP contribution in [0.1, 0.15) is 16.7 Å². The molecule has 194 valence electrons. The maximum absolute atomic E-state index is 12.4. The third-order valence-corrected chi connectivity index (χ3v) is 5.94. The lowest BCUT2D eigenvalue weighted by Crippen LogP contribution is -2.29. The zero-order chi connectivity index (χ0) is 27.1. The predicted molar refractivity (Wildman–Crippen MR) is 142 cm³/mol. The molecule has 1 amide bonds. The zero-order valence-corrected chi connectivity index (χ0v) is 20.6. The quantitative estimate of drug-likeness (QED) is 0.262. The summed E-state index contributed by atoms with van der Waals surface area (Å²) < 4.78 is 40.5. The van der Waals surface area contributed by atoms with E-state index in [4.69, 9.17) is 5.73 Å². The molecule has 38 heavy (non-hydrogen) atoms. The minimum Gasteiger partial charge on any atom is -0.406 e. The molecule has 0 bridgehead atoms. The van der Waals surface area contributed by atoms with Crippen LogP contribution in [0.3, 0.4) is 0 Å². The molecule has 1 fully saturated rings. The highest BCUT2D eigenvalue weighted by Gasteiger charge is 2.31. The van der Waals surface area contributed by atoms with Gasteiger partial charge in [0.25, 0.3) is 0 Å². The highest BCUT2D eigenvalue weighted by molar-refractivity contribution is 8.15. The Hall–Kier alpha value is -4.52. The third-order valence-electron chi connectivity index (χ3n) is 5.03. The number of carbonyl (C=O) groups excluding carboxylic acids is 1. The molecule has 0 unspecified atom stereocenters. The first kappa shape index (κ1) is 26.5. The Morgan fingerprint density at radius 3 is 2.55 bits per heavy atom. The number of aromatic nitrogens is 1. The minimum atomic E-state index is -4.75. The van der Waals surface area contributed by atoms with Crippen molar-refractivity contribution in [2.24, 2.45) is 25.9 Å². The van der Waals surface area contributed by atoms with Crippen LogP contribution >= 0.6 is 11.8 Å². The Morgan fingerprint density at radius 1 is 1.13 bits per heavy atom. The molecule has 0 atom stereocenters. The molecule has 13 heteroatoms. The Balaban J connectivity index is 1.38. The number of amides is 1. The number of thioether (sulfide) groups is 1. The lowest BCUT2D eigenvalue weighted by molar-refractivity contribution is -0.274. The minimum absolute atomic E-state index is 0.0756. The van der Waals surface area contributed by atoms with Gasteiger partial charge in [0.05, 0.1) is 23.3 Å². The number of halogens is 3. The van der Waals surface area contributed by atoms with Crippen LogP contribution in [0.4, 0.5) is 24.5 Å². The Kier molecular flexibility index (Phi) is 8.16. The van der Waals surface area contributed by atoms with E-state index in [-0.39, 0.29) is 23.2 Å². The van der Waals surface area contributed by atoms with E-state index in [1.807, 2.05) is 6.92 Å². The van der Waals surface area contributed by atoms with Gasteiger partial charge in [0, 0.05) is 18.0 Å². The fourth-order valence-corrected chi connectivity index (χ4v) is 4.06. The maximum atomic E-state index is 12.4. The zero-order valence-electron chi connectivity index (χ0n) is 19.8. The van der Waals surface area contributed by atoms with Crippen LogP contribution in [0.25, 0.3) is 0 Å². The summed E-state index contributed by atoms with van der Waals surface area (Å²) in [5, 5.41) is 8.83. The van der Waals surface area contributed by atoms with E-state index in [2.05, 4.69) is 29.9 Å². The second-order valence-electron chi connectivity index (χ2n) is 7.73. The van der Waals surface area contributed by atoms with Crippen LogP contribution in [0.5, 0.6) is 5.75 Å². The predicted octanol–water partition coefficient (Wildman–Crippen LogP) is 4.82. The summed E-state index contributed by atoms with van der Waals surface area (Å²) in [5.74, 6) is 0.0584. The number of nitrogens with zero attached hydrogens (tertiary/aromatic N) is 6. The summed E-state index contributed by atoms with van der Waals surface area (Å²) in [6.07, 6.45) is 1.31. The molecule has 1 aromatic heterocycles. The summed E-state index contributed by atoms with van der Waals surface area (Å²) in [7, 11) is 0. The average molecular weight is 540 g/mol. The van der Waals surface area contributed by atoms with E-state index in [0.717, 1.165) is 28.9 Å². The number of ether oxygens (including phenoxy) is 1. The smallest absolute Gasteiger partial charge is 0.406 e. The Labute approximate surface area is 219 Å². The summed E-state index contributed by atoms with van der Waals surface area (Å²) in [6, 6.07) is 13.8. The summed E-state index contributed by atoms with van der Waals surface area (Å²) >= 11 is 1.31. The largest absolute Gasteiger partial charge is 0.573 e. The maximum Gasteiger partial charge on any atom is 0.573 e. The van der Waals surface area contributed by atoms with Crippen molar-refractivity contribution in [2.45, 2.75) is 13.3 Å². The van der Waals surface area contributed by atoms with Crippen molar-refractivity contribution < 1.29 is 22.7 Å². The second kappa shape index (κ2) is 11.7. The number of alkyl halides is 3. The molecule has 3 aromatic rings. The monoisotopic (exact) mass is 539 g/mol. The van der Waals surface area contributed by atoms with Gasteiger partial charge in [-0.1, -0.05) is 36.0 Å². The molecule has 4 rings (SSSR count). The number of hydrogen-bond donors (Lipinski definition) is 1. The highest BCUT2D eigenvalue weighted by Crippen LogP contribution is 2.29. The number of benzene rings is 2. The molecule has 1 saturated heterocycles. The summed E-state index contributed by atoms with van der Waals surface area (Å²) in [6.45, 7) is 1.87. The third kappa shape index (κ3) is 7.03. The van der Waals surface area contributed by atoms with E-state index in [0.29, 0.717) is 16.4 Å². The fraction of sp³-hybridized carbons (Fsp3) is 0.120. The number of hydrogen-bond acceptors (Lipinski definition) is 7. The topological polar surface area (TPSA) is 118 Å². The molecule has 1 aliphatic rings. The molecular formula is C25H20F3N7O2S. The van der Waals surface area contributed by atoms with E-state index < -0.39 is 6.36 Å². The van der Waals surface area contributed by atoms with Crippen LogP contribution in [0.2, 0.25) is 0 Å². The molecule has 2 N–H and O–H groups in total. The molecule has 0 radical (unpaired) electrons. The normalized spacial score (nSPS) is 15.8. The van der Waals surface area contributed by atoms with Gasteiger partial charge in [-0.3, -0.25) is 14.7 Å². The Bertz CT molecular complexity index is 1420. The number of aliphatic imine (C=N–C) groups is 2. The number of anilines is 1. The fourth-order valence-electron chi connectivity index (χ4n) is 3.24. The summed E-state index contributed by atoms with van der Waals surface area (Å²) in [5.41, 5.74) is 9.33. The molecule has 9 nitrogen and oxygen atoms in total. The van der Waals surface area contributed by atoms with Gasteiger partial charge in [0.15, 0.2) is 5.17 Å². The van der Waals surface area contributed by atoms with Gasteiger partial charge in [-0.15, -0.1) is 18.3 Å². The van der Waals surface area contributed by atoms with Gasteiger partial charge in [-0.25, -0.2) is 9.98 Å². The first-order chi connectivity index (χ1) is 18.2. The van der Waals surface area contributed by atoms with Crippen molar-refractivity contribution in [2.75, 3.05) is 10.7 Å². The van der Waals surface area contributed by atoms with E-state index >= 15 is 0 Å². The van der Waals surface area contributed by atoms with Gasteiger partial charge < -0.3 is 10.5 Å². The van der Waals surface area contributed by atoms with Gasteiger partial charge in [-0.2, -0.15) is 5.10 Å². The molecule has 0 spiro atoms.